The fourth-order valence-corrected chi connectivity index (χ4v) is 7.80. The van der Waals surface area contributed by atoms with E-state index in [4.69, 9.17) is 4.74 Å². The summed E-state index contributed by atoms with van der Waals surface area (Å²) in [6, 6.07) is -1.17. The first-order valence-corrected chi connectivity index (χ1v) is 12.4. The molecule has 0 radical (unpaired) electrons. The van der Waals surface area contributed by atoms with Gasteiger partial charge in [0.05, 0.1) is 35.8 Å². The summed E-state index contributed by atoms with van der Waals surface area (Å²) in [6.07, 6.45) is 6.20. The van der Waals surface area contributed by atoms with E-state index in [1.54, 1.807) is 41.5 Å². The maximum Gasteiger partial charge on any atom is 0.310 e. The number of aliphatic hydroxyl groups excluding tert-OH is 1. The molecule has 3 aliphatic rings. The van der Waals surface area contributed by atoms with E-state index in [1.807, 2.05) is 0 Å². The van der Waals surface area contributed by atoms with E-state index in [9.17, 15) is 19.5 Å². The van der Waals surface area contributed by atoms with Gasteiger partial charge >= 0.3 is 5.97 Å². The van der Waals surface area contributed by atoms with E-state index in [1.165, 1.54) is 0 Å². The van der Waals surface area contributed by atoms with E-state index in [2.05, 4.69) is 13.5 Å². The van der Waals surface area contributed by atoms with Crippen LogP contribution in [0.3, 0.4) is 0 Å². The zero-order valence-corrected chi connectivity index (χ0v) is 19.7. The number of unbranched alkanes of at least 4 members (excludes halogenated alkanes) is 2. The molecule has 31 heavy (non-hydrogen) atoms. The molecule has 0 aromatic carbocycles. The number of hydrogen-bond acceptors (Lipinski definition) is 6. The van der Waals surface area contributed by atoms with E-state index in [0.717, 1.165) is 32.1 Å². The highest BCUT2D eigenvalue weighted by Crippen LogP contribution is 2.66. The van der Waals surface area contributed by atoms with Crippen molar-refractivity contribution in [3.8, 4) is 0 Å². The van der Waals surface area contributed by atoms with Crippen LogP contribution in [0.4, 0.5) is 0 Å². The van der Waals surface area contributed by atoms with Crippen molar-refractivity contribution in [3.05, 3.63) is 12.7 Å². The lowest BCUT2D eigenvalue weighted by Crippen LogP contribution is -2.57. The SMILES string of the molecule is C=CCN(CCCCC)C(=O)C1N([C@H](C)CO)C(=O)[C@@H]2[C@H](C(=O)OCC)[C@@H]3CCC12S3. The summed E-state index contributed by atoms with van der Waals surface area (Å²) in [5.41, 5.74) is 0. The number of thioether (sulfide) groups is 1. The molecule has 2 bridgehead atoms. The van der Waals surface area contributed by atoms with Crippen LogP contribution in [0.25, 0.3) is 0 Å². The van der Waals surface area contributed by atoms with Crippen molar-refractivity contribution in [2.24, 2.45) is 11.8 Å². The summed E-state index contributed by atoms with van der Waals surface area (Å²) in [5, 5.41) is 9.89. The van der Waals surface area contributed by atoms with Gasteiger partial charge in [0.1, 0.15) is 6.04 Å². The first-order valence-electron chi connectivity index (χ1n) is 11.5. The Morgan fingerprint density at radius 2 is 2.16 bits per heavy atom. The van der Waals surface area contributed by atoms with Crippen LogP contribution in [0.15, 0.2) is 12.7 Å². The molecule has 0 aromatic heterocycles. The van der Waals surface area contributed by atoms with Crippen LogP contribution < -0.4 is 0 Å². The molecule has 0 aliphatic carbocycles. The van der Waals surface area contributed by atoms with E-state index >= 15 is 0 Å². The minimum Gasteiger partial charge on any atom is -0.466 e. The number of carbonyl (C=O) groups is 3. The van der Waals surface area contributed by atoms with Crippen LogP contribution in [-0.4, -0.2) is 81.1 Å². The largest absolute Gasteiger partial charge is 0.466 e. The number of hydrogen-bond donors (Lipinski definition) is 1. The molecular formula is C23H36N2O5S. The molecule has 1 N–H and O–H groups in total. The van der Waals surface area contributed by atoms with Crippen LogP contribution in [0.1, 0.15) is 52.9 Å². The van der Waals surface area contributed by atoms with E-state index in [0.29, 0.717) is 13.1 Å². The maximum atomic E-state index is 13.9. The van der Waals surface area contributed by atoms with Gasteiger partial charge in [-0.3, -0.25) is 14.4 Å². The van der Waals surface area contributed by atoms with Gasteiger partial charge < -0.3 is 19.6 Å². The highest BCUT2D eigenvalue weighted by atomic mass is 32.2. The van der Waals surface area contributed by atoms with Crippen LogP contribution >= 0.6 is 11.8 Å². The summed E-state index contributed by atoms with van der Waals surface area (Å²) < 4.78 is 4.68. The topological polar surface area (TPSA) is 87.2 Å². The number of carbonyl (C=O) groups excluding carboxylic acids is 3. The average Bonchev–Trinajstić information content (AvgIpc) is 3.39. The minimum absolute atomic E-state index is 0.00262. The van der Waals surface area contributed by atoms with Gasteiger partial charge in [-0.15, -0.1) is 18.3 Å². The summed E-state index contributed by atoms with van der Waals surface area (Å²) in [6.45, 7) is 10.5. The molecule has 0 aromatic rings. The number of ether oxygens (including phenoxy) is 1. The molecule has 0 saturated carbocycles. The Bertz CT molecular complexity index is 716. The summed E-state index contributed by atoms with van der Waals surface area (Å²) in [5.74, 6) is -1.72. The van der Waals surface area contributed by atoms with Gasteiger partial charge in [-0.05, 0) is 33.1 Å². The summed E-state index contributed by atoms with van der Waals surface area (Å²) in [7, 11) is 0. The van der Waals surface area contributed by atoms with Gasteiger partial charge in [0.2, 0.25) is 11.8 Å². The predicted octanol–water partition coefficient (Wildman–Crippen LogP) is 2.23. The molecule has 3 rings (SSSR count). The zero-order chi connectivity index (χ0) is 22.8. The number of rotatable bonds is 11. The number of nitrogens with zero attached hydrogens (tertiary/aromatic N) is 2. The van der Waals surface area contributed by atoms with E-state index < -0.39 is 28.7 Å². The molecule has 3 fully saturated rings. The summed E-state index contributed by atoms with van der Waals surface area (Å²) >= 11 is 1.63. The third kappa shape index (κ3) is 4.01. The lowest BCUT2D eigenvalue weighted by molar-refractivity contribution is -0.154. The molecule has 1 spiro atoms. The molecular weight excluding hydrogens is 416 g/mol. The Kier molecular flexibility index (Phi) is 7.73. The van der Waals surface area contributed by atoms with E-state index in [-0.39, 0.29) is 36.2 Å². The minimum atomic E-state index is -0.678. The van der Waals surface area contributed by atoms with Crippen molar-refractivity contribution in [2.45, 2.75) is 75.0 Å². The van der Waals surface area contributed by atoms with Crippen LogP contribution in [0.5, 0.6) is 0 Å². The molecule has 2 unspecified atom stereocenters. The van der Waals surface area contributed by atoms with Crippen molar-refractivity contribution in [1.82, 2.24) is 9.80 Å². The molecule has 3 aliphatic heterocycles. The second-order valence-electron chi connectivity index (χ2n) is 8.87. The second kappa shape index (κ2) is 9.94. The quantitative estimate of drug-likeness (QED) is 0.294. The monoisotopic (exact) mass is 452 g/mol. The second-order valence-corrected chi connectivity index (χ2v) is 10.5. The van der Waals surface area contributed by atoms with Crippen LogP contribution in [-0.2, 0) is 19.1 Å². The van der Waals surface area contributed by atoms with Crippen molar-refractivity contribution in [1.29, 1.82) is 0 Å². The molecule has 2 amide bonds. The van der Waals surface area contributed by atoms with Crippen molar-refractivity contribution < 1.29 is 24.2 Å². The van der Waals surface area contributed by atoms with Crippen molar-refractivity contribution in [3.63, 3.8) is 0 Å². The lowest BCUT2D eigenvalue weighted by Gasteiger charge is -2.38. The number of fused-ring (bicyclic) bond motifs is 1. The Morgan fingerprint density at radius 3 is 2.77 bits per heavy atom. The van der Waals surface area contributed by atoms with Gasteiger partial charge in [-0.1, -0.05) is 25.8 Å². The molecule has 3 saturated heterocycles. The maximum absolute atomic E-state index is 13.9. The van der Waals surface area contributed by atoms with Gasteiger partial charge in [-0.2, -0.15) is 0 Å². The standard InChI is InChI=1S/C23H36N2O5S/c1-5-8-9-13-24(12-6-2)21(28)19-23-11-10-16(31-23)17(22(29)30-7-3)18(23)20(27)25(19)15(4)14-26/h6,15-19,26H,2,5,7-14H2,1,3-4H3/t15-,16+,17-,18+,19?,23?/m1/s1. The molecule has 3 heterocycles. The number of amides is 2. The summed E-state index contributed by atoms with van der Waals surface area (Å²) in [4.78, 5) is 43.7. The smallest absolute Gasteiger partial charge is 0.310 e. The van der Waals surface area contributed by atoms with Gasteiger partial charge in [0.15, 0.2) is 0 Å². The third-order valence-electron chi connectivity index (χ3n) is 6.96. The third-order valence-corrected chi connectivity index (χ3v) is 8.91. The molecule has 7 nitrogen and oxygen atoms in total. The van der Waals surface area contributed by atoms with Gasteiger partial charge in [-0.25, -0.2) is 0 Å². The highest BCUT2D eigenvalue weighted by molar-refractivity contribution is 8.02. The number of aliphatic hydroxyl groups is 1. The fourth-order valence-electron chi connectivity index (χ4n) is 5.61. The highest BCUT2D eigenvalue weighted by Gasteiger charge is 2.74. The normalized spacial score (nSPS) is 32.1. The van der Waals surface area contributed by atoms with Gasteiger partial charge in [0, 0.05) is 18.3 Å². The number of esters is 1. The van der Waals surface area contributed by atoms with Crippen LogP contribution in [0.2, 0.25) is 0 Å². The predicted molar refractivity (Wildman–Crippen MR) is 120 cm³/mol. The van der Waals surface area contributed by atoms with Crippen molar-refractivity contribution in [2.75, 3.05) is 26.3 Å². The van der Waals surface area contributed by atoms with Gasteiger partial charge in [0.25, 0.3) is 0 Å². The fraction of sp³-hybridized carbons (Fsp3) is 0.783. The van der Waals surface area contributed by atoms with Crippen LogP contribution in [0, 0.1) is 11.8 Å². The molecule has 6 atom stereocenters. The first-order chi connectivity index (χ1) is 14.9. The lowest BCUT2D eigenvalue weighted by atomic mass is 9.71. The Hall–Kier alpha value is -1.54. The zero-order valence-electron chi connectivity index (χ0n) is 18.9. The van der Waals surface area contributed by atoms with Crippen molar-refractivity contribution >= 4 is 29.5 Å². The Morgan fingerprint density at radius 1 is 1.42 bits per heavy atom. The first kappa shape index (κ1) is 24.1. The number of likely N-dealkylation sites (tertiary alicyclic amines) is 1. The Balaban J connectivity index is 1.98. The molecule has 8 heteroatoms. The molecule has 174 valence electrons. The Labute approximate surface area is 189 Å². The average molecular weight is 453 g/mol.